The highest BCUT2D eigenvalue weighted by Crippen LogP contribution is 2.27. The van der Waals surface area contributed by atoms with E-state index in [0.29, 0.717) is 28.5 Å². The van der Waals surface area contributed by atoms with E-state index in [9.17, 15) is 9.59 Å². The van der Waals surface area contributed by atoms with E-state index in [1.54, 1.807) is 6.07 Å². The van der Waals surface area contributed by atoms with Gasteiger partial charge in [0.1, 0.15) is 0 Å². The van der Waals surface area contributed by atoms with Crippen LogP contribution in [0.4, 0.5) is 11.4 Å². The van der Waals surface area contributed by atoms with Gasteiger partial charge in [0.25, 0.3) is 11.8 Å². The molecule has 0 saturated heterocycles. The number of benzene rings is 2. The van der Waals surface area contributed by atoms with E-state index < -0.39 is 0 Å². The van der Waals surface area contributed by atoms with Crippen molar-refractivity contribution >= 4 is 45.9 Å². The molecular weight excluding hydrogens is 450 g/mol. The summed E-state index contributed by atoms with van der Waals surface area (Å²) in [6.45, 7) is 0.915. The maximum atomic E-state index is 13.4. The summed E-state index contributed by atoms with van der Waals surface area (Å²) in [6.07, 6.45) is 0. The fraction of sp³-hybridized carbons (Fsp3) is 0.154. The van der Waals surface area contributed by atoms with E-state index >= 15 is 0 Å². The predicted octanol–water partition coefficient (Wildman–Crippen LogP) is 5.97. The number of amides is 2. The first-order valence-electron chi connectivity index (χ1n) is 10.5. The van der Waals surface area contributed by atoms with E-state index in [4.69, 9.17) is 0 Å². The lowest BCUT2D eigenvalue weighted by molar-refractivity contribution is 0.0735. The van der Waals surface area contributed by atoms with E-state index in [-0.39, 0.29) is 11.8 Å². The molecule has 2 aromatic heterocycles. The van der Waals surface area contributed by atoms with Crippen LogP contribution in [0.3, 0.4) is 0 Å². The number of thiophene rings is 2. The van der Waals surface area contributed by atoms with Crippen LogP contribution in [-0.2, 0) is 13.1 Å². The largest absolute Gasteiger partial charge is 0.377 e. The van der Waals surface area contributed by atoms with Crippen LogP contribution in [0.1, 0.15) is 30.5 Å². The third-order valence-electron chi connectivity index (χ3n) is 5.16. The number of anilines is 2. The molecule has 1 N–H and O–H groups in total. The molecule has 0 aliphatic heterocycles. The van der Waals surface area contributed by atoms with Gasteiger partial charge in [0.2, 0.25) is 0 Å². The Morgan fingerprint density at radius 2 is 1.52 bits per heavy atom. The minimum atomic E-state index is -0.135. The third-order valence-corrected chi connectivity index (χ3v) is 6.89. The lowest BCUT2D eigenvalue weighted by atomic mass is 10.1. The molecule has 0 bridgehead atoms. The quantitative estimate of drug-likeness (QED) is 0.342. The number of nitrogens with zero attached hydrogens (tertiary/aromatic N) is 2. The standard InChI is InChI=1S/C26H25N3O2S2/c1-28(2)22-13-12-21(27-25(30)23-10-6-14-32-23)16-20(22)18-29(17-19-8-4-3-5-9-19)26(31)24-11-7-15-33-24/h3-16H,17-18H2,1-2H3,(H,27,30). The van der Waals surface area contributed by atoms with Crippen LogP contribution in [0.15, 0.2) is 83.6 Å². The molecule has 2 heterocycles. The summed E-state index contributed by atoms with van der Waals surface area (Å²) in [6, 6.07) is 23.2. The number of rotatable bonds is 8. The molecule has 33 heavy (non-hydrogen) atoms. The van der Waals surface area contributed by atoms with Crippen molar-refractivity contribution in [2.45, 2.75) is 13.1 Å². The lowest BCUT2D eigenvalue weighted by Gasteiger charge is -2.26. The monoisotopic (exact) mass is 475 g/mol. The van der Waals surface area contributed by atoms with E-state index in [1.165, 1.54) is 22.7 Å². The van der Waals surface area contributed by atoms with Gasteiger partial charge >= 0.3 is 0 Å². The first kappa shape index (κ1) is 22.8. The molecule has 5 nitrogen and oxygen atoms in total. The number of carbonyl (C=O) groups is 2. The van der Waals surface area contributed by atoms with Gasteiger partial charge in [-0.3, -0.25) is 9.59 Å². The molecule has 0 aliphatic rings. The first-order valence-corrected chi connectivity index (χ1v) is 12.3. The van der Waals surface area contributed by atoms with E-state index in [2.05, 4.69) is 5.32 Å². The second-order valence-electron chi connectivity index (χ2n) is 7.79. The van der Waals surface area contributed by atoms with Crippen molar-refractivity contribution in [2.24, 2.45) is 0 Å². The average Bonchev–Trinajstić information content (AvgIpc) is 3.53. The van der Waals surface area contributed by atoms with Crippen LogP contribution in [-0.4, -0.2) is 30.8 Å². The van der Waals surface area contributed by atoms with Gasteiger partial charge in [0.15, 0.2) is 0 Å². The van der Waals surface area contributed by atoms with Gasteiger partial charge in [-0.25, -0.2) is 0 Å². The fourth-order valence-corrected chi connectivity index (χ4v) is 4.90. The molecule has 2 aromatic carbocycles. The van der Waals surface area contributed by atoms with Gasteiger partial charge < -0.3 is 15.1 Å². The zero-order valence-electron chi connectivity index (χ0n) is 18.5. The molecule has 7 heteroatoms. The Morgan fingerprint density at radius 3 is 2.15 bits per heavy atom. The Kier molecular flexibility index (Phi) is 7.22. The molecule has 168 valence electrons. The molecule has 2 amide bonds. The van der Waals surface area contributed by atoms with Gasteiger partial charge in [-0.1, -0.05) is 42.5 Å². The molecule has 0 fully saturated rings. The van der Waals surface area contributed by atoms with Crippen molar-refractivity contribution in [1.29, 1.82) is 0 Å². The van der Waals surface area contributed by atoms with Crippen LogP contribution in [0, 0.1) is 0 Å². The van der Waals surface area contributed by atoms with Crippen molar-refractivity contribution in [3.05, 3.63) is 104 Å². The highest BCUT2D eigenvalue weighted by Gasteiger charge is 2.20. The Labute approximate surface area is 201 Å². The van der Waals surface area contributed by atoms with Crippen LogP contribution in [0.2, 0.25) is 0 Å². The summed E-state index contributed by atoms with van der Waals surface area (Å²) in [5, 5.41) is 6.78. The SMILES string of the molecule is CN(C)c1ccc(NC(=O)c2cccs2)cc1CN(Cc1ccccc1)C(=O)c1cccs1. The Bertz CT molecular complexity index is 1200. The van der Waals surface area contributed by atoms with Crippen molar-refractivity contribution in [3.63, 3.8) is 0 Å². The van der Waals surface area contributed by atoms with Gasteiger partial charge in [-0.2, -0.15) is 0 Å². The molecule has 0 saturated carbocycles. The normalized spacial score (nSPS) is 10.6. The van der Waals surface area contributed by atoms with Gasteiger partial charge in [-0.05, 0) is 52.2 Å². The van der Waals surface area contributed by atoms with E-state index in [1.807, 2.05) is 101 Å². The second kappa shape index (κ2) is 10.5. The number of nitrogens with one attached hydrogen (secondary N) is 1. The van der Waals surface area contributed by atoms with Gasteiger partial charge in [0, 0.05) is 38.6 Å². The summed E-state index contributed by atoms with van der Waals surface area (Å²) in [5.41, 5.74) is 3.74. The topological polar surface area (TPSA) is 52.7 Å². The molecule has 0 aliphatic carbocycles. The minimum Gasteiger partial charge on any atom is -0.377 e. The summed E-state index contributed by atoms with van der Waals surface area (Å²) >= 11 is 2.85. The van der Waals surface area contributed by atoms with Crippen molar-refractivity contribution in [1.82, 2.24) is 4.90 Å². The molecule has 4 aromatic rings. The predicted molar refractivity (Wildman–Crippen MR) is 137 cm³/mol. The average molecular weight is 476 g/mol. The highest BCUT2D eigenvalue weighted by atomic mass is 32.1. The van der Waals surface area contributed by atoms with E-state index in [0.717, 1.165) is 16.8 Å². The molecule has 0 radical (unpaired) electrons. The molecular formula is C26H25N3O2S2. The van der Waals surface area contributed by atoms with Gasteiger partial charge in [-0.15, -0.1) is 22.7 Å². The van der Waals surface area contributed by atoms with Crippen LogP contribution in [0.5, 0.6) is 0 Å². The maximum absolute atomic E-state index is 13.4. The third kappa shape index (κ3) is 5.69. The fourth-order valence-electron chi connectivity index (χ4n) is 3.59. The van der Waals surface area contributed by atoms with Crippen molar-refractivity contribution in [3.8, 4) is 0 Å². The Morgan fingerprint density at radius 1 is 0.818 bits per heavy atom. The molecule has 4 rings (SSSR count). The smallest absolute Gasteiger partial charge is 0.265 e. The maximum Gasteiger partial charge on any atom is 0.265 e. The zero-order chi connectivity index (χ0) is 23.2. The van der Waals surface area contributed by atoms with Crippen LogP contribution in [0.25, 0.3) is 0 Å². The number of hydrogen-bond donors (Lipinski definition) is 1. The van der Waals surface area contributed by atoms with Crippen molar-refractivity contribution < 1.29 is 9.59 Å². The summed E-state index contributed by atoms with van der Waals surface area (Å²) in [5.74, 6) is -0.143. The zero-order valence-corrected chi connectivity index (χ0v) is 20.2. The molecule has 0 spiro atoms. The summed E-state index contributed by atoms with van der Waals surface area (Å²) in [4.78, 5) is 31.2. The Hall–Kier alpha value is -3.42. The van der Waals surface area contributed by atoms with Gasteiger partial charge in [0.05, 0.1) is 9.75 Å². The van der Waals surface area contributed by atoms with Crippen molar-refractivity contribution in [2.75, 3.05) is 24.3 Å². The van der Waals surface area contributed by atoms with Crippen LogP contribution < -0.4 is 10.2 Å². The number of hydrogen-bond acceptors (Lipinski definition) is 5. The Balaban J connectivity index is 1.64. The summed E-state index contributed by atoms with van der Waals surface area (Å²) in [7, 11) is 3.96. The lowest BCUT2D eigenvalue weighted by Crippen LogP contribution is -2.30. The molecule has 0 atom stereocenters. The summed E-state index contributed by atoms with van der Waals surface area (Å²) < 4.78 is 0. The van der Waals surface area contributed by atoms with Crippen LogP contribution >= 0.6 is 22.7 Å². The second-order valence-corrected chi connectivity index (χ2v) is 9.69. The first-order chi connectivity index (χ1) is 16.0. The minimum absolute atomic E-state index is 0.00779. The highest BCUT2D eigenvalue weighted by molar-refractivity contribution is 7.12. The number of carbonyl (C=O) groups excluding carboxylic acids is 2. The molecule has 0 unspecified atom stereocenters.